The van der Waals surface area contributed by atoms with Crippen molar-refractivity contribution >= 4 is 5.97 Å². The van der Waals surface area contributed by atoms with E-state index in [-0.39, 0.29) is 6.42 Å². The molecule has 1 N–H and O–H groups in total. The molecule has 0 aromatic heterocycles. The van der Waals surface area contributed by atoms with Crippen LogP contribution in [0.1, 0.15) is 31.4 Å². The first-order valence-corrected chi connectivity index (χ1v) is 5.89. The van der Waals surface area contributed by atoms with Crippen molar-refractivity contribution in [3.8, 4) is 11.5 Å². The Labute approximate surface area is 112 Å². The topological polar surface area (TPSA) is 55.8 Å². The number of hydrogen-bond acceptors (Lipinski definition) is 3. The van der Waals surface area contributed by atoms with Gasteiger partial charge in [0.15, 0.2) is 11.5 Å². The first-order chi connectivity index (χ1) is 8.85. The van der Waals surface area contributed by atoms with Crippen molar-refractivity contribution in [2.45, 2.75) is 32.4 Å². The number of carboxylic acid groups (broad SMARTS) is 1. The number of benzene rings is 1. The number of methoxy groups -OCH3 is 2. The zero-order valence-corrected chi connectivity index (χ0v) is 11.6. The summed E-state index contributed by atoms with van der Waals surface area (Å²) in [5.41, 5.74) is 0.380. The van der Waals surface area contributed by atoms with Crippen molar-refractivity contribution in [1.29, 1.82) is 0 Å². The van der Waals surface area contributed by atoms with Crippen LogP contribution in [0.25, 0.3) is 0 Å². The molecule has 1 rings (SSSR count). The van der Waals surface area contributed by atoms with Gasteiger partial charge in [0.2, 0.25) is 0 Å². The van der Waals surface area contributed by atoms with E-state index in [1.165, 1.54) is 14.2 Å². The molecule has 0 atom stereocenters. The smallest absolute Gasteiger partial charge is 0.304 e. The fourth-order valence-electron chi connectivity index (χ4n) is 2.07. The minimum absolute atomic E-state index is 0.0811. The molecule has 19 heavy (non-hydrogen) atoms. The number of carbonyl (C=O) groups is 1. The van der Waals surface area contributed by atoms with Gasteiger partial charge in [-0.3, -0.25) is 4.79 Å². The van der Waals surface area contributed by atoms with Crippen LogP contribution in [0.15, 0.2) is 12.1 Å². The van der Waals surface area contributed by atoms with Crippen LogP contribution in [0.3, 0.4) is 0 Å². The molecule has 0 spiro atoms. The average molecular weight is 270 g/mol. The molecule has 5 heteroatoms. The Morgan fingerprint density at radius 3 is 2.37 bits per heavy atom. The van der Waals surface area contributed by atoms with E-state index in [0.29, 0.717) is 22.6 Å². The maximum atomic E-state index is 12.9. The Morgan fingerprint density at radius 1 is 1.32 bits per heavy atom. The van der Waals surface area contributed by atoms with Crippen LogP contribution in [0.2, 0.25) is 0 Å². The number of aliphatic carboxylic acids is 1. The Hall–Kier alpha value is -1.78. The number of halogens is 1. The molecule has 0 bridgehead atoms. The van der Waals surface area contributed by atoms with Gasteiger partial charge >= 0.3 is 5.97 Å². The third kappa shape index (κ3) is 3.36. The second-order valence-electron chi connectivity index (χ2n) is 4.97. The summed E-state index contributed by atoms with van der Waals surface area (Å²) in [6, 6.07) is 3.18. The van der Waals surface area contributed by atoms with Crippen molar-refractivity contribution in [3.63, 3.8) is 0 Å². The molecule has 0 unspecified atom stereocenters. The van der Waals surface area contributed by atoms with Gasteiger partial charge in [0.25, 0.3) is 0 Å². The fourth-order valence-corrected chi connectivity index (χ4v) is 2.07. The minimum Gasteiger partial charge on any atom is -0.493 e. The summed E-state index contributed by atoms with van der Waals surface area (Å²) in [6.45, 7) is 2.91. The summed E-state index contributed by atoms with van der Waals surface area (Å²) in [5, 5.41) is 8.98. The second-order valence-corrected chi connectivity index (χ2v) is 4.97. The third-order valence-electron chi connectivity index (χ3n) is 3.02. The fraction of sp³-hybridized carbons (Fsp3) is 0.500. The standard InChI is InChI=1S/C14H19FO4/c1-14(2,7-12(16)17)10-5-9(8-15)6-11(18-3)13(10)19-4/h5-6H,7-8H2,1-4H3,(H,16,17). The van der Waals surface area contributed by atoms with Crippen LogP contribution in [0.5, 0.6) is 11.5 Å². The normalized spacial score (nSPS) is 11.2. The van der Waals surface area contributed by atoms with Crippen molar-refractivity contribution in [1.82, 2.24) is 0 Å². The van der Waals surface area contributed by atoms with Crippen molar-refractivity contribution in [3.05, 3.63) is 23.3 Å². The van der Waals surface area contributed by atoms with Gasteiger partial charge in [-0.1, -0.05) is 13.8 Å². The van der Waals surface area contributed by atoms with Gasteiger partial charge < -0.3 is 14.6 Å². The lowest BCUT2D eigenvalue weighted by Crippen LogP contribution is -2.23. The zero-order chi connectivity index (χ0) is 14.6. The Morgan fingerprint density at radius 2 is 1.95 bits per heavy atom. The molecular formula is C14H19FO4. The molecule has 1 aromatic carbocycles. The summed E-state index contributed by atoms with van der Waals surface area (Å²) >= 11 is 0. The summed E-state index contributed by atoms with van der Waals surface area (Å²) in [6.07, 6.45) is -0.0811. The highest BCUT2D eigenvalue weighted by Crippen LogP contribution is 2.41. The molecule has 0 heterocycles. The molecular weight excluding hydrogens is 251 g/mol. The number of rotatable bonds is 6. The average Bonchev–Trinajstić information content (AvgIpc) is 2.35. The number of alkyl halides is 1. The lowest BCUT2D eigenvalue weighted by Gasteiger charge is -2.27. The molecule has 0 saturated carbocycles. The predicted molar refractivity (Wildman–Crippen MR) is 69.6 cm³/mol. The number of carboxylic acids is 1. The molecule has 4 nitrogen and oxygen atoms in total. The highest BCUT2D eigenvalue weighted by Gasteiger charge is 2.29. The Kier molecular flexibility index (Phi) is 4.75. The van der Waals surface area contributed by atoms with Gasteiger partial charge in [-0.15, -0.1) is 0 Å². The highest BCUT2D eigenvalue weighted by atomic mass is 19.1. The lowest BCUT2D eigenvalue weighted by molar-refractivity contribution is -0.138. The molecule has 0 aliphatic heterocycles. The van der Waals surface area contributed by atoms with Crippen molar-refractivity contribution in [2.24, 2.45) is 0 Å². The molecule has 0 amide bonds. The van der Waals surface area contributed by atoms with Gasteiger partial charge in [-0.25, -0.2) is 4.39 Å². The lowest BCUT2D eigenvalue weighted by atomic mass is 9.80. The van der Waals surface area contributed by atoms with Crippen LogP contribution in [-0.2, 0) is 16.9 Å². The van der Waals surface area contributed by atoms with Crippen LogP contribution < -0.4 is 9.47 Å². The minimum atomic E-state index is -0.920. The van der Waals surface area contributed by atoms with Gasteiger partial charge in [-0.05, 0) is 17.7 Å². The Bertz CT molecular complexity index is 469. The van der Waals surface area contributed by atoms with Crippen LogP contribution in [-0.4, -0.2) is 25.3 Å². The monoisotopic (exact) mass is 270 g/mol. The van der Waals surface area contributed by atoms with Crippen LogP contribution in [0, 0.1) is 0 Å². The highest BCUT2D eigenvalue weighted by molar-refractivity contribution is 5.69. The van der Waals surface area contributed by atoms with Crippen molar-refractivity contribution < 1.29 is 23.8 Å². The summed E-state index contributed by atoms with van der Waals surface area (Å²) < 4.78 is 23.4. The molecule has 1 aromatic rings. The number of hydrogen-bond donors (Lipinski definition) is 1. The molecule has 0 fully saturated rings. The van der Waals surface area contributed by atoms with Crippen molar-refractivity contribution in [2.75, 3.05) is 14.2 Å². The van der Waals surface area contributed by atoms with E-state index in [1.54, 1.807) is 26.0 Å². The first-order valence-electron chi connectivity index (χ1n) is 5.89. The van der Waals surface area contributed by atoms with Gasteiger partial charge in [0.05, 0.1) is 20.6 Å². The first kappa shape index (κ1) is 15.3. The second kappa shape index (κ2) is 5.91. The third-order valence-corrected chi connectivity index (χ3v) is 3.02. The maximum absolute atomic E-state index is 12.9. The predicted octanol–water partition coefficient (Wildman–Crippen LogP) is 2.93. The van der Waals surface area contributed by atoms with Gasteiger partial charge in [0, 0.05) is 11.0 Å². The summed E-state index contributed by atoms with van der Waals surface area (Å²) in [7, 11) is 2.95. The molecule has 0 aliphatic rings. The van der Waals surface area contributed by atoms with E-state index in [4.69, 9.17) is 14.6 Å². The van der Waals surface area contributed by atoms with E-state index in [9.17, 15) is 9.18 Å². The zero-order valence-electron chi connectivity index (χ0n) is 11.6. The molecule has 106 valence electrons. The summed E-state index contributed by atoms with van der Waals surface area (Å²) in [4.78, 5) is 11.0. The van der Waals surface area contributed by atoms with Crippen LogP contribution >= 0.6 is 0 Å². The van der Waals surface area contributed by atoms with Crippen LogP contribution in [0.4, 0.5) is 4.39 Å². The molecule has 0 radical (unpaired) electrons. The number of ether oxygens (including phenoxy) is 2. The van der Waals surface area contributed by atoms with E-state index in [0.717, 1.165) is 0 Å². The SMILES string of the molecule is COc1cc(CF)cc(C(C)(C)CC(=O)O)c1OC. The van der Waals surface area contributed by atoms with E-state index < -0.39 is 18.1 Å². The van der Waals surface area contributed by atoms with Gasteiger partial charge in [-0.2, -0.15) is 0 Å². The van der Waals surface area contributed by atoms with E-state index >= 15 is 0 Å². The molecule has 0 saturated heterocycles. The maximum Gasteiger partial charge on any atom is 0.304 e. The largest absolute Gasteiger partial charge is 0.493 e. The Balaban J connectivity index is 3.42. The van der Waals surface area contributed by atoms with Gasteiger partial charge in [0.1, 0.15) is 6.67 Å². The summed E-state index contributed by atoms with van der Waals surface area (Å²) in [5.74, 6) is -0.0614. The van der Waals surface area contributed by atoms with E-state index in [2.05, 4.69) is 0 Å². The van der Waals surface area contributed by atoms with E-state index in [1.807, 2.05) is 0 Å². The quantitative estimate of drug-likeness (QED) is 0.863. The molecule has 0 aliphatic carbocycles.